The van der Waals surface area contributed by atoms with Crippen LogP contribution in [-0.4, -0.2) is 17.9 Å². The molecule has 4 aliphatic carbocycles. The van der Waals surface area contributed by atoms with Gasteiger partial charge in [-0.15, -0.1) is 0 Å². The number of Topliss-reactive ketones (excluding diaryl/α,β-unsaturated/α-hetero) is 1. The predicted molar refractivity (Wildman–Crippen MR) is 134 cm³/mol. The quantitative estimate of drug-likeness (QED) is 0.303. The Bertz CT molecular complexity index is 967. The molecule has 7 atom stereocenters. The fourth-order valence-corrected chi connectivity index (χ4v) is 8.82. The van der Waals surface area contributed by atoms with Crippen LogP contribution in [-0.2, 0) is 9.53 Å². The molecule has 172 valence electrons. The molecule has 4 heteroatoms. The van der Waals surface area contributed by atoms with Gasteiger partial charge in [0.05, 0.1) is 5.56 Å². The molecule has 0 radical (unpaired) electrons. The van der Waals surface area contributed by atoms with Crippen molar-refractivity contribution in [3.05, 3.63) is 45.0 Å². The monoisotopic (exact) mass is 546 g/mol. The average Bonchev–Trinajstić information content (AvgIpc) is 3.11. The van der Waals surface area contributed by atoms with Crippen molar-refractivity contribution in [2.24, 2.45) is 34.5 Å². The van der Waals surface area contributed by atoms with E-state index in [0.29, 0.717) is 22.8 Å². The van der Waals surface area contributed by atoms with Gasteiger partial charge >= 0.3 is 5.97 Å². The van der Waals surface area contributed by atoms with E-state index in [-0.39, 0.29) is 23.3 Å². The molecule has 1 aromatic carbocycles. The van der Waals surface area contributed by atoms with Crippen LogP contribution in [0.25, 0.3) is 0 Å². The smallest absolute Gasteiger partial charge is 0.338 e. The zero-order chi connectivity index (χ0) is 22.7. The van der Waals surface area contributed by atoms with Crippen LogP contribution in [0.15, 0.2) is 35.9 Å². The van der Waals surface area contributed by atoms with Crippen molar-refractivity contribution in [3.63, 3.8) is 0 Å². The maximum absolute atomic E-state index is 12.7. The summed E-state index contributed by atoms with van der Waals surface area (Å²) in [7, 11) is 0. The van der Waals surface area contributed by atoms with Crippen LogP contribution in [0.5, 0.6) is 0 Å². The van der Waals surface area contributed by atoms with Gasteiger partial charge in [0.25, 0.3) is 0 Å². The van der Waals surface area contributed by atoms with Gasteiger partial charge in [0.1, 0.15) is 6.10 Å². The number of carbonyl (C=O) groups is 2. The number of ketones is 1. The first-order chi connectivity index (χ1) is 15.2. The topological polar surface area (TPSA) is 43.4 Å². The Morgan fingerprint density at radius 1 is 1.06 bits per heavy atom. The minimum Gasteiger partial charge on any atom is -0.459 e. The van der Waals surface area contributed by atoms with Gasteiger partial charge in [0, 0.05) is 3.57 Å². The zero-order valence-electron chi connectivity index (χ0n) is 19.5. The maximum atomic E-state index is 12.7. The summed E-state index contributed by atoms with van der Waals surface area (Å²) < 4.78 is 7.06. The van der Waals surface area contributed by atoms with Crippen molar-refractivity contribution < 1.29 is 14.3 Å². The second kappa shape index (κ2) is 8.25. The third-order valence-electron chi connectivity index (χ3n) is 9.91. The molecule has 0 bridgehead atoms. The third-order valence-corrected chi connectivity index (χ3v) is 10.6. The normalized spacial score (nSPS) is 40.5. The number of benzene rings is 1. The molecule has 3 fully saturated rings. The molecule has 0 aromatic heterocycles. The molecule has 0 N–H and O–H groups in total. The summed E-state index contributed by atoms with van der Waals surface area (Å²) in [5, 5.41) is 0. The van der Waals surface area contributed by atoms with E-state index in [1.165, 1.54) is 19.3 Å². The van der Waals surface area contributed by atoms with E-state index in [0.717, 1.165) is 53.1 Å². The van der Waals surface area contributed by atoms with Crippen LogP contribution in [0.1, 0.15) is 82.5 Å². The molecule has 0 amide bonds. The molecule has 0 heterocycles. The Hall–Kier alpha value is -1.17. The first-order valence-electron chi connectivity index (χ1n) is 12.4. The molecule has 0 aliphatic heterocycles. The van der Waals surface area contributed by atoms with Gasteiger partial charge in [-0.05, 0) is 139 Å². The largest absolute Gasteiger partial charge is 0.459 e. The lowest BCUT2D eigenvalue weighted by Crippen LogP contribution is -2.54. The van der Waals surface area contributed by atoms with Crippen LogP contribution in [0.3, 0.4) is 0 Å². The Kier molecular flexibility index (Phi) is 5.83. The van der Waals surface area contributed by atoms with Crippen LogP contribution in [0.2, 0.25) is 0 Å². The van der Waals surface area contributed by atoms with Crippen LogP contribution >= 0.6 is 22.6 Å². The van der Waals surface area contributed by atoms with Gasteiger partial charge < -0.3 is 4.74 Å². The summed E-state index contributed by atoms with van der Waals surface area (Å²) >= 11 is 2.24. The first-order valence-corrected chi connectivity index (χ1v) is 13.5. The second-order valence-corrected chi connectivity index (χ2v) is 12.6. The van der Waals surface area contributed by atoms with E-state index in [1.54, 1.807) is 6.92 Å². The molecule has 0 unspecified atom stereocenters. The molecule has 3 nitrogen and oxygen atoms in total. The molecule has 1 aromatic rings. The van der Waals surface area contributed by atoms with E-state index < -0.39 is 0 Å². The lowest BCUT2D eigenvalue weighted by Gasteiger charge is -2.60. The minimum atomic E-state index is -0.173. The Balaban J connectivity index is 1.28. The Labute approximate surface area is 205 Å². The highest BCUT2D eigenvalue weighted by Gasteiger charge is 2.59. The minimum absolute atomic E-state index is 0.0429. The highest BCUT2D eigenvalue weighted by Crippen LogP contribution is 2.66. The van der Waals surface area contributed by atoms with Gasteiger partial charge in [0.15, 0.2) is 5.78 Å². The molecule has 0 spiro atoms. The summed E-state index contributed by atoms with van der Waals surface area (Å²) in [4.78, 5) is 25.0. The molecule has 32 heavy (non-hydrogen) atoms. The van der Waals surface area contributed by atoms with Crippen molar-refractivity contribution in [2.75, 3.05) is 0 Å². The lowest BCUT2D eigenvalue weighted by molar-refractivity contribution is -0.125. The van der Waals surface area contributed by atoms with E-state index in [2.05, 4.69) is 42.5 Å². The van der Waals surface area contributed by atoms with Crippen molar-refractivity contribution in [2.45, 2.75) is 78.2 Å². The average molecular weight is 546 g/mol. The van der Waals surface area contributed by atoms with Gasteiger partial charge in [-0.3, -0.25) is 4.79 Å². The van der Waals surface area contributed by atoms with Gasteiger partial charge in [-0.25, -0.2) is 4.79 Å². The SMILES string of the molecule is CC(=O)C1=CC[C@@H]2[C@@H]3CC[C@H]4C[C@H](OC(=O)c5cccc(I)c5)CC[C@]4(C)[C@@H]3CC[C@]12C. The highest BCUT2D eigenvalue weighted by molar-refractivity contribution is 14.1. The van der Waals surface area contributed by atoms with Crippen molar-refractivity contribution in [3.8, 4) is 0 Å². The molecule has 4 aliphatic rings. The molecule has 5 rings (SSSR count). The summed E-state index contributed by atoms with van der Waals surface area (Å²) in [5.41, 5.74) is 2.21. The van der Waals surface area contributed by atoms with Crippen molar-refractivity contribution in [1.82, 2.24) is 0 Å². The fraction of sp³-hybridized carbons (Fsp3) is 0.643. The van der Waals surface area contributed by atoms with E-state index in [9.17, 15) is 9.59 Å². The number of hydrogen-bond donors (Lipinski definition) is 0. The number of fused-ring (bicyclic) bond motifs is 5. The number of halogens is 1. The lowest BCUT2D eigenvalue weighted by atomic mass is 9.44. The zero-order valence-corrected chi connectivity index (χ0v) is 21.7. The standard InChI is InChI=1S/C28H35IO3/c1-17(30)23-9-10-24-22-8-7-19-16-21(32-26(31)18-5-4-6-20(29)15-18)11-13-27(19,2)25(22)12-14-28(23,24)3/h4-6,9,15,19,21-22,24-25H,7-8,10-14,16H2,1-3H3/t19-,21+,22-,24+,25+,27-,28+/m0/s1. The number of allylic oxidation sites excluding steroid dienone is 2. The van der Waals surface area contributed by atoms with E-state index in [1.807, 2.05) is 24.3 Å². The first kappa shape index (κ1) is 22.6. The number of esters is 1. The van der Waals surface area contributed by atoms with Crippen molar-refractivity contribution >= 4 is 34.3 Å². The summed E-state index contributed by atoms with van der Waals surface area (Å²) in [6, 6.07) is 7.68. The molecule has 3 saturated carbocycles. The van der Waals surface area contributed by atoms with Crippen molar-refractivity contribution in [1.29, 1.82) is 0 Å². The number of hydrogen-bond acceptors (Lipinski definition) is 3. The number of rotatable bonds is 3. The van der Waals surface area contributed by atoms with E-state index in [4.69, 9.17) is 4.74 Å². The second-order valence-electron chi connectivity index (χ2n) is 11.3. The molecular formula is C28H35IO3. The summed E-state index contributed by atoms with van der Waals surface area (Å²) in [6.07, 6.45) is 11.4. The van der Waals surface area contributed by atoms with Gasteiger partial charge in [-0.2, -0.15) is 0 Å². The number of carbonyl (C=O) groups excluding carboxylic acids is 2. The summed E-state index contributed by atoms with van der Waals surface area (Å²) in [6.45, 7) is 6.65. The number of ether oxygens (including phenoxy) is 1. The summed E-state index contributed by atoms with van der Waals surface area (Å²) in [5.74, 6) is 2.85. The molecule has 0 saturated heterocycles. The molecular weight excluding hydrogens is 511 g/mol. The van der Waals surface area contributed by atoms with Gasteiger partial charge in [-0.1, -0.05) is 26.0 Å². The Morgan fingerprint density at radius 3 is 2.62 bits per heavy atom. The maximum Gasteiger partial charge on any atom is 0.338 e. The van der Waals surface area contributed by atoms with E-state index >= 15 is 0 Å². The highest BCUT2D eigenvalue weighted by atomic mass is 127. The predicted octanol–water partition coefficient (Wildman–Crippen LogP) is 6.98. The fourth-order valence-electron chi connectivity index (χ4n) is 8.27. The third kappa shape index (κ3) is 3.59. The van der Waals surface area contributed by atoms with Gasteiger partial charge in [0.2, 0.25) is 0 Å². The van der Waals surface area contributed by atoms with Crippen LogP contribution in [0.4, 0.5) is 0 Å². The Morgan fingerprint density at radius 2 is 1.88 bits per heavy atom. The van der Waals surface area contributed by atoms with Crippen LogP contribution < -0.4 is 0 Å². The van der Waals surface area contributed by atoms with Crippen LogP contribution in [0, 0.1) is 38.1 Å².